The fourth-order valence-corrected chi connectivity index (χ4v) is 3.12. The van der Waals surface area contributed by atoms with E-state index in [9.17, 15) is 4.79 Å². The summed E-state index contributed by atoms with van der Waals surface area (Å²) in [6, 6.07) is 7.67. The van der Waals surface area contributed by atoms with Gasteiger partial charge in [-0.3, -0.25) is 0 Å². The molecule has 0 unspecified atom stereocenters. The van der Waals surface area contributed by atoms with E-state index in [-0.39, 0.29) is 6.03 Å². The van der Waals surface area contributed by atoms with Crippen molar-refractivity contribution in [1.29, 1.82) is 0 Å². The Balaban J connectivity index is 1.51. The van der Waals surface area contributed by atoms with Gasteiger partial charge in [-0.2, -0.15) is 8.75 Å². The van der Waals surface area contributed by atoms with Gasteiger partial charge in [-0.1, -0.05) is 6.07 Å². The molecule has 0 spiro atoms. The van der Waals surface area contributed by atoms with Gasteiger partial charge in [-0.15, -0.1) is 0 Å². The zero-order valence-electron chi connectivity index (χ0n) is 14.5. The van der Waals surface area contributed by atoms with Gasteiger partial charge in [0.25, 0.3) is 0 Å². The molecule has 1 N–H and O–H groups in total. The highest BCUT2D eigenvalue weighted by Crippen LogP contribution is 2.14. The number of nitrogens with one attached hydrogen (secondary N) is 1. The van der Waals surface area contributed by atoms with Crippen LogP contribution in [0.2, 0.25) is 0 Å². The number of rotatable bonds is 5. The highest BCUT2D eigenvalue weighted by atomic mass is 32.1. The van der Waals surface area contributed by atoms with E-state index in [0.717, 1.165) is 33.8 Å². The SMILES string of the molecule is Cc1cc(C)nc(CCNC(=O)N(C)Cc2ccc3nsnc3c2)n1. The van der Waals surface area contributed by atoms with Crippen molar-refractivity contribution in [2.24, 2.45) is 0 Å². The van der Waals surface area contributed by atoms with Crippen LogP contribution in [0.25, 0.3) is 11.0 Å². The Morgan fingerprint density at radius 1 is 1.12 bits per heavy atom. The number of hydrogen-bond acceptors (Lipinski definition) is 6. The predicted molar refractivity (Wildman–Crippen MR) is 97.5 cm³/mol. The summed E-state index contributed by atoms with van der Waals surface area (Å²) >= 11 is 1.19. The predicted octanol–water partition coefficient (Wildman–Crippen LogP) is 2.48. The number of amides is 2. The van der Waals surface area contributed by atoms with E-state index in [1.165, 1.54) is 11.7 Å². The number of aromatic nitrogens is 4. The maximum absolute atomic E-state index is 12.2. The number of fused-ring (bicyclic) bond motifs is 1. The number of hydrogen-bond donors (Lipinski definition) is 1. The summed E-state index contributed by atoms with van der Waals surface area (Å²) in [5.74, 6) is 0.752. The van der Waals surface area contributed by atoms with Crippen LogP contribution >= 0.6 is 11.7 Å². The molecule has 0 bridgehead atoms. The molecule has 2 aromatic heterocycles. The first-order chi connectivity index (χ1) is 12.0. The van der Waals surface area contributed by atoms with Crippen molar-refractivity contribution in [2.45, 2.75) is 26.8 Å². The number of carbonyl (C=O) groups excluding carboxylic acids is 1. The standard InChI is InChI=1S/C17H20N6OS/c1-11-8-12(2)20-16(19-11)6-7-18-17(24)23(3)10-13-4-5-14-15(9-13)22-25-21-14/h4-5,8-9H,6-7,10H2,1-3H3,(H,18,24). The zero-order valence-corrected chi connectivity index (χ0v) is 15.3. The molecule has 0 atom stereocenters. The minimum atomic E-state index is -0.124. The van der Waals surface area contributed by atoms with Crippen LogP contribution in [0.4, 0.5) is 4.79 Å². The Bertz CT molecular complexity index is 873. The van der Waals surface area contributed by atoms with Crippen LogP contribution in [0.3, 0.4) is 0 Å². The minimum absolute atomic E-state index is 0.124. The summed E-state index contributed by atoms with van der Waals surface area (Å²) in [5.41, 5.74) is 4.66. The van der Waals surface area contributed by atoms with Gasteiger partial charge in [0, 0.05) is 37.9 Å². The Labute approximate surface area is 150 Å². The second kappa shape index (κ2) is 7.52. The van der Waals surface area contributed by atoms with Crippen molar-refractivity contribution < 1.29 is 4.79 Å². The van der Waals surface area contributed by atoms with Crippen molar-refractivity contribution in [3.05, 3.63) is 47.0 Å². The third-order valence-corrected chi connectivity index (χ3v) is 4.29. The summed E-state index contributed by atoms with van der Waals surface area (Å²) in [5, 5.41) is 2.90. The van der Waals surface area contributed by atoms with Crippen molar-refractivity contribution in [1.82, 2.24) is 28.9 Å². The number of carbonyl (C=O) groups is 1. The van der Waals surface area contributed by atoms with Crippen LogP contribution in [0.5, 0.6) is 0 Å². The molecule has 1 aromatic carbocycles. The fraction of sp³-hybridized carbons (Fsp3) is 0.353. The van der Waals surface area contributed by atoms with E-state index in [2.05, 4.69) is 24.0 Å². The minimum Gasteiger partial charge on any atom is -0.338 e. The Morgan fingerprint density at radius 3 is 2.60 bits per heavy atom. The molecule has 0 aliphatic rings. The van der Waals surface area contributed by atoms with Crippen LogP contribution in [-0.2, 0) is 13.0 Å². The van der Waals surface area contributed by atoms with E-state index in [1.54, 1.807) is 11.9 Å². The van der Waals surface area contributed by atoms with Crippen LogP contribution in [0.1, 0.15) is 22.8 Å². The summed E-state index contributed by atoms with van der Waals surface area (Å²) in [6.07, 6.45) is 0.610. The fourth-order valence-electron chi connectivity index (χ4n) is 2.60. The molecule has 0 saturated carbocycles. The van der Waals surface area contributed by atoms with Crippen molar-refractivity contribution in [3.8, 4) is 0 Å². The molecule has 0 radical (unpaired) electrons. The molecule has 0 fully saturated rings. The molecule has 8 heteroatoms. The zero-order chi connectivity index (χ0) is 17.8. The lowest BCUT2D eigenvalue weighted by atomic mass is 10.2. The summed E-state index contributed by atoms with van der Waals surface area (Å²) in [6.45, 7) is 4.90. The van der Waals surface area contributed by atoms with E-state index in [1.807, 2.05) is 38.1 Å². The molecular formula is C17H20N6OS. The van der Waals surface area contributed by atoms with Crippen LogP contribution in [-0.4, -0.2) is 43.2 Å². The van der Waals surface area contributed by atoms with E-state index in [4.69, 9.17) is 0 Å². The molecule has 0 aliphatic heterocycles. The van der Waals surface area contributed by atoms with Gasteiger partial charge < -0.3 is 10.2 Å². The van der Waals surface area contributed by atoms with Crippen LogP contribution < -0.4 is 5.32 Å². The largest absolute Gasteiger partial charge is 0.338 e. The quantitative estimate of drug-likeness (QED) is 0.759. The Morgan fingerprint density at radius 2 is 1.84 bits per heavy atom. The molecule has 7 nitrogen and oxygen atoms in total. The van der Waals surface area contributed by atoms with Crippen LogP contribution in [0, 0.1) is 13.8 Å². The molecule has 25 heavy (non-hydrogen) atoms. The first-order valence-electron chi connectivity index (χ1n) is 8.02. The van der Waals surface area contributed by atoms with Gasteiger partial charge in [-0.25, -0.2) is 14.8 Å². The topological polar surface area (TPSA) is 83.9 Å². The number of urea groups is 1. The monoisotopic (exact) mass is 356 g/mol. The lowest BCUT2D eigenvalue weighted by Gasteiger charge is -2.18. The lowest BCUT2D eigenvalue weighted by molar-refractivity contribution is 0.207. The molecular weight excluding hydrogens is 336 g/mol. The van der Waals surface area contributed by atoms with Gasteiger partial charge in [0.1, 0.15) is 16.9 Å². The van der Waals surface area contributed by atoms with E-state index >= 15 is 0 Å². The smallest absolute Gasteiger partial charge is 0.317 e. The third kappa shape index (κ3) is 4.48. The van der Waals surface area contributed by atoms with Gasteiger partial charge in [0.2, 0.25) is 0 Å². The number of nitrogens with zero attached hydrogens (tertiary/aromatic N) is 5. The maximum atomic E-state index is 12.2. The Hall–Kier alpha value is -2.61. The highest BCUT2D eigenvalue weighted by Gasteiger charge is 2.10. The molecule has 0 saturated heterocycles. The number of benzene rings is 1. The first-order valence-corrected chi connectivity index (χ1v) is 8.75. The molecule has 0 aliphatic carbocycles. The normalized spacial score (nSPS) is 10.8. The third-order valence-electron chi connectivity index (χ3n) is 3.74. The highest BCUT2D eigenvalue weighted by molar-refractivity contribution is 7.00. The Kier molecular flexibility index (Phi) is 5.18. The molecule has 2 heterocycles. The summed E-state index contributed by atoms with van der Waals surface area (Å²) in [7, 11) is 1.77. The molecule has 3 rings (SSSR count). The second-order valence-corrected chi connectivity index (χ2v) is 6.52. The molecule has 2 amide bonds. The van der Waals surface area contributed by atoms with Gasteiger partial charge in [-0.05, 0) is 37.6 Å². The first kappa shape index (κ1) is 17.2. The van der Waals surface area contributed by atoms with Gasteiger partial charge >= 0.3 is 6.03 Å². The summed E-state index contributed by atoms with van der Waals surface area (Å²) < 4.78 is 8.41. The lowest BCUT2D eigenvalue weighted by Crippen LogP contribution is -2.37. The van der Waals surface area contributed by atoms with Crippen LogP contribution in [0.15, 0.2) is 24.3 Å². The molecule has 130 valence electrons. The van der Waals surface area contributed by atoms with Crippen molar-refractivity contribution >= 4 is 28.8 Å². The van der Waals surface area contributed by atoms with Crippen molar-refractivity contribution in [3.63, 3.8) is 0 Å². The van der Waals surface area contributed by atoms with E-state index < -0.39 is 0 Å². The summed E-state index contributed by atoms with van der Waals surface area (Å²) in [4.78, 5) is 22.6. The van der Waals surface area contributed by atoms with Gasteiger partial charge in [0.05, 0.1) is 11.7 Å². The van der Waals surface area contributed by atoms with Gasteiger partial charge in [0.15, 0.2) is 0 Å². The van der Waals surface area contributed by atoms with Crippen molar-refractivity contribution in [2.75, 3.05) is 13.6 Å². The van der Waals surface area contributed by atoms with E-state index in [0.29, 0.717) is 19.5 Å². The molecule has 3 aromatic rings. The number of aryl methyl sites for hydroxylation is 2. The maximum Gasteiger partial charge on any atom is 0.317 e. The average Bonchev–Trinajstić information content (AvgIpc) is 3.01. The average molecular weight is 356 g/mol. The second-order valence-electron chi connectivity index (χ2n) is 5.99.